The summed E-state index contributed by atoms with van der Waals surface area (Å²) in [6.45, 7) is 19.8. The minimum Gasteiger partial charge on any atom is -0.396 e. The predicted octanol–water partition coefficient (Wildman–Crippen LogP) is 7.12. The molecule has 0 aromatic heterocycles. The average molecular weight is 375 g/mol. The molecule has 0 aromatic rings. The van der Waals surface area contributed by atoms with Crippen LogP contribution in [0.4, 0.5) is 0 Å². The highest BCUT2D eigenvalue weighted by Gasteiger charge is 2.00. The summed E-state index contributed by atoms with van der Waals surface area (Å²) < 4.78 is 0. The Bertz CT molecular complexity index is 261. The summed E-state index contributed by atoms with van der Waals surface area (Å²) in [6.07, 6.45) is 8.92. The van der Waals surface area contributed by atoms with Gasteiger partial charge in [-0.3, -0.25) is 4.79 Å². The van der Waals surface area contributed by atoms with Gasteiger partial charge in [-0.25, -0.2) is 0 Å². The molecule has 160 valence electrons. The van der Waals surface area contributed by atoms with Crippen LogP contribution in [0.5, 0.6) is 0 Å². The molecule has 0 aliphatic rings. The zero-order valence-electron chi connectivity index (χ0n) is 19.5. The summed E-state index contributed by atoms with van der Waals surface area (Å²) in [6, 6.07) is 0. The van der Waals surface area contributed by atoms with E-state index in [1.54, 1.807) is 0 Å². The number of amides is 1. The van der Waals surface area contributed by atoms with E-state index in [2.05, 4.69) is 31.2 Å². The third-order valence-electron chi connectivity index (χ3n) is 3.25. The van der Waals surface area contributed by atoms with Gasteiger partial charge in [-0.1, -0.05) is 80.3 Å². The lowest BCUT2D eigenvalue weighted by molar-refractivity contribution is -0.121. The number of nitrogens with zero attached hydrogens (tertiary/aromatic N) is 1. The molecule has 1 amide bonds. The van der Waals surface area contributed by atoms with Gasteiger partial charge < -0.3 is 10.2 Å². The van der Waals surface area contributed by atoms with Gasteiger partial charge in [-0.2, -0.15) is 0 Å². The van der Waals surface area contributed by atoms with Crippen molar-refractivity contribution >= 4 is 11.6 Å². The van der Waals surface area contributed by atoms with Crippen LogP contribution in [0, 0.1) is 0 Å². The van der Waals surface area contributed by atoms with E-state index < -0.39 is 0 Å². The van der Waals surface area contributed by atoms with Crippen LogP contribution in [-0.2, 0) is 9.63 Å². The number of rotatable bonds is 13. The van der Waals surface area contributed by atoms with Gasteiger partial charge in [-0.05, 0) is 38.5 Å². The Labute approximate surface area is 165 Å². The fraction of sp³-hybridized carbons (Fsp3) is 0.909. The van der Waals surface area contributed by atoms with Gasteiger partial charge in [-0.15, -0.1) is 0 Å². The Morgan fingerprint density at radius 3 is 1.88 bits per heavy atom. The molecule has 0 aliphatic carbocycles. The van der Waals surface area contributed by atoms with Crippen molar-refractivity contribution in [1.29, 1.82) is 0 Å². The van der Waals surface area contributed by atoms with E-state index in [-0.39, 0.29) is 5.91 Å². The monoisotopic (exact) mass is 374 g/mol. The molecule has 0 unspecified atom stereocenters. The smallest absolute Gasteiger partial charge is 0.219 e. The van der Waals surface area contributed by atoms with Crippen molar-refractivity contribution in [2.75, 3.05) is 13.2 Å². The second-order valence-corrected chi connectivity index (χ2v) is 5.07. The van der Waals surface area contributed by atoms with E-state index in [4.69, 9.17) is 4.84 Å². The summed E-state index contributed by atoms with van der Waals surface area (Å²) in [5.41, 5.74) is 1.11. The summed E-state index contributed by atoms with van der Waals surface area (Å²) in [5.74, 6) is 0.180. The number of hydrogen-bond acceptors (Lipinski definition) is 3. The van der Waals surface area contributed by atoms with Gasteiger partial charge in [0, 0.05) is 13.0 Å². The van der Waals surface area contributed by atoms with E-state index >= 15 is 0 Å². The van der Waals surface area contributed by atoms with Crippen molar-refractivity contribution in [2.45, 2.75) is 120 Å². The molecule has 0 aliphatic heterocycles. The molecular weight excluding hydrogens is 324 g/mol. The predicted molar refractivity (Wildman–Crippen MR) is 119 cm³/mol. The topological polar surface area (TPSA) is 50.7 Å². The second-order valence-electron chi connectivity index (χ2n) is 5.07. The first-order chi connectivity index (χ1) is 12.7. The molecule has 0 heterocycles. The molecule has 0 bridgehead atoms. The molecule has 4 nitrogen and oxygen atoms in total. The van der Waals surface area contributed by atoms with E-state index in [0.717, 1.165) is 50.8 Å². The van der Waals surface area contributed by atoms with Crippen molar-refractivity contribution in [3.05, 3.63) is 0 Å². The Hall–Kier alpha value is -1.06. The van der Waals surface area contributed by atoms with Gasteiger partial charge in [0.05, 0.1) is 5.71 Å². The van der Waals surface area contributed by atoms with Crippen molar-refractivity contribution in [3.63, 3.8) is 0 Å². The molecule has 0 rings (SSSR count). The number of carbonyl (C=O) groups excluding carboxylic acids is 1. The van der Waals surface area contributed by atoms with Crippen molar-refractivity contribution in [1.82, 2.24) is 5.32 Å². The lowest BCUT2D eigenvalue weighted by atomic mass is 10.2. The highest BCUT2D eigenvalue weighted by atomic mass is 16.6. The normalized spacial score (nSPS) is 8.50. The molecule has 0 aromatic carbocycles. The van der Waals surface area contributed by atoms with Gasteiger partial charge >= 0.3 is 0 Å². The molecular formula is C22H50N2O2. The maximum atomic E-state index is 11.5. The van der Waals surface area contributed by atoms with Gasteiger partial charge in [0.1, 0.15) is 6.61 Å². The standard InChI is InChI=1S/C16H32N2O2.3C2H6/c1-4-7-10-13-17-16(19)12-9-8-11-14-20-18-15(5-2)6-3;3*1-2/h4-14H2,1-3H3,(H,17,19);3*1-2H3. The first-order valence-electron chi connectivity index (χ1n) is 11.2. The zero-order valence-corrected chi connectivity index (χ0v) is 19.5. The summed E-state index contributed by atoms with van der Waals surface area (Å²) >= 11 is 0. The SMILES string of the molecule is CC.CC.CC.CCCCCNC(=O)CCCCCON=C(CC)CC. The summed E-state index contributed by atoms with van der Waals surface area (Å²) in [7, 11) is 0. The van der Waals surface area contributed by atoms with Crippen LogP contribution in [0.25, 0.3) is 0 Å². The molecule has 0 radical (unpaired) electrons. The molecule has 0 fully saturated rings. The van der Waals surface area contributed by atoms with Crippen LogP contribution in [-0.4, -0.2) is 24.8 Å². The zero-order chi connectivity index (χ0) is 21.1. The average Bonchev–Trinajstić information content (AvgIpc) is 2.72. The van der Waals surface area contributed by atoms with Crippen molar-refractivity contribution in [3.8, 4) is 0 Å². The van der Waals surface area contributed by atoms with Crippen LogP contribution in [0.15, 0.2) is 5.16 Å². The fourth-order valence-electron chi connectivity index (χ4n) is 1.84. The van der Waals surface area contributed by atoms with E-state index in [0.29, 0.717) is 13.0 Å². The minimum atomic E-state index is 0.180. The van der Waals surface area contributed by atoms with Crippen LogP contribution in [0.3, 0.4) is 0 Å². The Balaban J connectivity index is -0.000000362. The van der Waals surface area contributed by atoms with Crippen LogP contribution < -0.4 is 5.32 Å². The Morgan fingerprint density at radius 1 is 0.808 bits per heavy atom. The van der Waals surface area contributed by atoms with Crippen molar-refractivity contribution in [2.24, 2.45) is 5.16 Å². The van der Waals surface area contributed by atoms with E-state index in [9.17, 15) is 4.79 Å². The van der Waals surface area contributed by atoms with Crippen LogP contribution >= 0.6 is 0 Å². The van der Waals surface area contributed by atoms with Crippen LogP contribution in [0.1, 0.15) is 120 Å². The first kappa shape index (κ1) is 32.6. The molecule has 4 heteroatoms. The summed E-state index contributed by atoms with van der Waals surface area (Å²) in [4.78, 5) is 16.8. The third-order valence-corrected chi connectivity index (χ3v) is 3.25. The quantitative estimate of drug-likeness (QED) is 0.212. The molecule has 0 saturated carbocycles. The number of nitrogens with one attached hydrogen (secondary N) is 1. The summed E-state index contributed by atoms with van der Waals surface area (Å²) in [5, 5.41) is 7.05. The number of oxime groups is 1. The highest BCUT2D eigenvalue weighted by Crippen LogP contribution is 2.01. The highest BCUT2D eigenvalue weighted by molar-refractivity contribution is 5.83. The maximum Gasteiger partial charge on any atom is 0.219 e. The lowest BCUT2D eigenvalue weighted by Crippen LogP contribution is -2.23. The first-order valence-corrected chi connectivity index (χ1v) is 11.2. The van der Waals surface area contributed by atoms with E-state index in [1.807, 2.05) is 41.5 Å². The van der Waals surface area contributed by atoms with Gasteiger partial charge in [0.15, 0.2) is 0 Å². The lowest BCUT2D eigenvalue weighted by Gasteiger charge is -2.05. The number of unbranched alkanes of at least 4 members (excludes halogenated alkanes) is 4. The van der Waals surface area contributed by atoms with Gasteiger partial charge in [0.25, 0.3) is 0 Å². The van der Waals surface area contributed by atoms with Crippen molar-refractivity contribution < 1.29 is 9.63 Å². The molecule has 0 saturated heterocycles. The second kappa shape index (κ2) is 35.1. The van der Waals surface area contributed by atoms with Crippen LogP contribution in [0.2, 0.25) is 0 Å². The fourth-order valence-corrected chi connectivity index (χ4v) is 1.84. The maximum absolute atomic E-state index is 11.5. The number of hydrogen-bond donors (Lipinski definition) is 1. The molecule has 0 atom stereocenters. The Morgan fingerprint density at radius 2 is 1.38 bits per heavy atom. The molecule has 0 spiro atoms. The third kappa shape index (κ3) is 30.8. The molecule has 26 heavy (non-hydrogen) atoms. The Kier molecular flexibility index (Phi) is 44.0. The molecule has 1 N–H and O–H groups in total. The largest absolute Gasteiger partial charge is 0.396 e. The van der Waals surface area contributed by atoms with Gasteiger partial charge in [0.2, 0.25) is 5.91 Å². The number of carbonyl (C=O) groups is 1. The minimum absolute atomic E-state index is 0.180. The van der Waals surface area contributed by atoms with E-state index in [1.165, 1.54) is 12.8 Å².